The van der Waals surface area contributed by atoms with Gasteiger partial charge in [0.15, 0.2) is 0 Å². The molecule has 0 aliphatic carbocycles. The van der Waals surface area contributed by atoms with Crippen LogP contribution in [0, 0.1) is 0 Å². The van der Waals surface area contributed by atoms with Gasteiger partial charge in [0.05, 0.1) is 49.3 Å². The Morgan fingerprint density at radius 2 is 1.65 bits per heavy atom. The summed E-state index contributed by atoms with van der Waals surface area (Å²) in [6.45, 7) is 6.69. The summed E-state index contributed by atoms with van der Waals surface area (Å²) in [5.41, 5.74) is 2.76. The summed E-state index contributed by atoms with van der Waals surface area (Å²) in [5, 5.41) is 3.29. The van der Waals surface area contributed by atoms with Gasteiger partial charge in [-0.2, -0.15) is 0 Å². The first-order valence-electron chi connectivity index (χ1n) is 10.9. The number of para-hydroxylation sites is 1. The molecule has 3 aromatic heterocycles. The Labute approximate surface area is 178 Å². The molecule has 0 spiro atoms. The molecule has 1 N–H and O–H groups in total. The van der Waals surface area contributed by atoms with Crippen molar-refractivity contribution in [2.75, 3.05) is 32.7 Å². The average Bonchev–Trinajstić information content (AvgIpc) is 3.17. The Kier molecular flexibility index (Phi) is 3.98. The molecule has 0 radical (unpaired) electrons. The topological polar surface area (TPSA) is 59.1 Å². The molecule has 0 atom stereocenters. The summed E-state index contributed by atoms with van der Waals surface area (Å²) in [6.07, 6.45) is 0. The number of nitrogens with zero attached hydrogens (tertiary/aromatic N) is 3. The molecule has 2 aromatic carbocycles. The lowest BCUT2D eigenvalue weighted by Gasteiger charge is -2.31. The minimum atomic E-state index is -0.0474. The number of nitrogens with one attached hydrogen (secondary N) is 1. The van der Waals surface area contributed by atoms with Crippen molar-refractivity contribution in [3.63, 3.8) is 0 Å². The molecule has 1 fully saturated rings. The van der Waals surface area contributed by atoms with Crippen molar-refractivity contribution < 1.29 is 9.69 Å². The lowest BCUT2D eigenvalue weighted by molar-refractivity contribution is -0.902. The van der Waals surface area contributed by atoms with Crippen LogP contribution in [0.1, 0.15) is 17.4 Å². The minimum Gasteiger partial charge on any atom is -0.332 e. The molecule has 6 rings (SSSR count). The first kappa shape index (κ1) is 18.3. The van der Waals surface area contributed by atoms with Crippen molar-refractivity contribution >= 4 is 44.0 Å². The molecule has 0 bridgehead atoms. The fourth-order valence-electron chi connectivity index (χ4n) is 5.03. The summed E-state index contributed by atoms with van der Waals surface area (Å²) in [6, 6.07) is 17.3. The van der Waals surface area contributed by atoms with Gasteiger partial charge in [-0.1, -0.05) is 36.4 Å². The lowest BCUT2D eigenvalue weighted by atomic mass is 10.1. The fourth-order valence-corrected chi connectivity index (χ4v) is 5.03. The first-order valence-corrected chi connectivity index (χ1v) is 10.9. The monoisotopic (exact) mass is 411 g/mol. The largest absolute Gasteiger partial charge is 0.332 e. The van der Waals surface area contributed by atoms with Crippen LogP contribution in [-0.4, -0.2) is 52.9 Å². The van der Waals surface area contributed by atoms with E-state index >= 15 is 0 Å². The number of amides is 1. The van der Waals surface area contributed by atoms with Gasteiger partial charge in [0.25, 0.3) is 11.5 Å². The standard InChI is InChI=1S/C25H22N4O2/c1-2-27-11-13-28(14-12-27)25(31)20-15-19-16-7-5-6-10-21(16)29-23(19)22(26-20)17-8-3-4-9-18(17)24(29)30/h3-10,15H,2,11-14H2,1H3/p+1. The smallest absolute Gasteiger partial charge is 0.272 e. The number of piperazine rings is 1. The number of aromatic nitrogens is 2. The molecule has 5 aromatic rings. The van der Waals surface area contributed by atoms with Gasteiger partial charge in [-0.05, 0) is 25.1 Å². The van der Waals surface area contributed by atoms with Crippen LogP contribution in [0.5, 0.6) is 0 Å². The van der Waals surface area contributed by atoms with Crippen LogP contribution in [0.2, 0.25) is 0 Å². The number of benzene rings is 2. The van der Waals surface area contributed by atoms with E-state index in [0.717, 1.165) is 59.9 Å². The quantitative estimate of drug-likeness (QED) is 0.452. The molecule has 1 aliphatic heterocycles. The van der Waals surface area contributed by atoms with Crippen LogP contribution in [-0.2, 0) is 0 Å². The predicted molar refractivity (Wildman–Crippen MR) is 122 cm³/mol. The number of pyridine rings is 2. The molecule has 1 aliphatic rings. The second-order valence-electron chi connectivity index (χ2n) is 8.35. The van der Waals surface area contributed by atoms with E-state index in [0.29, 0.717) is 16.6 Å². The van der Waals surface area contributed by atoms with Gasteiger partial charge in [0.2, 0.25) is 0 Å². The molecular weight excluding hydrogens is 388 g/mol. The number of hydrogen-bond donors (Lipinski definition) is 1. The van der Waals surface area contributed by atoms with Crippen molar-refractivity contribution in [2.45, 2.75) is 6.92 Å². The van der Waals surface area contributed by atoms with Gasteiger partial charge in [-0.15, -0.1) is 0 Å². The zero-order chi connectivity index (χ0) is 21.1. The zero-order valence-electron chi connectivity index (χ0n) is 17.4. The maximum absolute atomic E-state index is 13.4. The van der Waals surface area contributed by atoms with Crippen LogP contribution in [0.25, 0.3) is 38.1 Å². The molecule has 1 saturated heterocycles. The highest BCUT2D eigenvalue weighted by Gasteiger charge is 2.26. The van der Waals surface area contributed by atoms with E-state index in [1.54, 1.807) is 4.40 Å². The molecule has 4 heterocycles. The minimum absolute atomic E-state index is 0.0282. The fraction of sp³-hybridized carbons (Fsp3) is 0.240. The summed E-state index contributed by atoms with van der Waals surface area (Å²) < 4.78 is 1.76. The Morgan fingerprint density at radius 1 is 0.968 bits per heavy atom. The number of carbonyl (C=O) groups is 1. The number of quaternary nitrogens is 1. The van der Waals surface area contributed by atoms with E-state index < -0.39 is 0 Å². The summed E-state index contributed by atoms with van der Waals surface area (Å²) in [5.74, 6) is -0.0282. The maximum atomic E-state index is 13.4. The average molecular weight is 411 g/mol. The second kappa shape index (κ2) is 6.75. The van der Waals surface area contributed by atoms with Gasteiger partial charge < -0.3 is 9.80 Å². The van der Waals surface area contributed by atoms with Gasteiger partial charge in [-0.25, -0.2) is 4.98 Å². The van der Waals surface area contributed by atoms with Gasteiger partial charge in [0.1, 0.15) is 5.69 Å². The summed E-state index contributed by atoms with van der Waals surface area (Å²) in [7, 11) is 0. The third-order valence-electron chi connectivity index (χ3n) is 6.74. The van der Waals surface area contributed by atoms with Crippen LogP contribution in [0.4, 0.5) is 0 Å². The van der Waals surface area contributed by atoms with Crippen molar-refractivity contribution in [3.8, 4) is 0 Å². The molecule has 6 heteroatoms. The third-order valence-corrected chi connectivity index (χ3v) is 6.74. The highest BCUT2D eigenvalue weighted by atomic mass is 16.2. The van der Waals surface area contributed by atoms with E-state index in [2.05, 4.69) is 6.92 Å². The second-order valence-corrected chi connectivity index (χ2v) is 8.35. The number of hydrogen-bond acceptors (Lipinski definition) is 3. The van der Waals surface area contributed by atoms with E-state index in [4.69, 9.17) is 4.98 Å². The summed E-state index contributed by atoms with van der Waals surface area (Å²) >= 11 is 0. The van der Waals surface area contributed by atoms with Gasteiger partial charge in [0, 0.05) is 21.5 Å². The van der Waals surface area contributed by atoms with Crippen molar-refractivity contribution in [1.82, 2.24) is 14.3 Å². The zero-order valence-corrected chi connectivity index (χ0v) is 17.4. The summed E-state index contributed by atoms with van der Waals surface area (Å²) in [4.78, 5) is 35.1. The highest BCUT2D eigenvalue weighted by Crippen LogP contribution is 2.33. The molecular formula is C25H23N4O2+. The molecule has 0 unspecified atom stereocenters. The number of carbonyl (C=O) groups excluding carboxylic acids is 1. The Hall–Kier alpha value is -3.51. The van der Waals surface area contributed by atoms with Crippen molar-refractivity contribution in [3.05, 3.63) is 70.6 Å². The van der Waals surface area contributed by atoms with Crippen LogP contribution in [0.3, 0.4) is 0 Å². The first-order chi connectivity index (χ1) is 15.2. The van der Waals surface area contributed by atoms with E-state index in [1.165, 1.54) is 4.90 Å². The third kappa shape index (κ3) is 2.58. The predicted octanol–water partition coefficient (Wildman–Crippen LogP) is 1.95. The maximum Gasteiger partial charge on any atom is 0.272 e. The molecule has 31 heavy (non-hydrogen) atoms. The van der Waals surface area contributed by atoms with E-state index in [1.807, 2.05) is 59.5 Å². The lowest BCUT2D eigenvalue weighted by Crippen LogP contribution is -3.14. The molecule has 0 saturated carbocycles. The van der Waals surface area contributed by atoms with E-state index in [-0.39, 0.29) is 11.5 Å². The van der Waals surface area contributed by atoms with Crippen LogP contribution in [0.15, 0.2) is 59.4 Å². The number of rotatable bonds is 2. The van der Waals surface area contributed by atoms with Gasteiger partial charge >= 0.3 is 0 Å². The SMILES string of the molecule is CC[NH+]1CCN(C(=O)c2cc3c4ccccc4n4c(=O)c5ccccc5c(n2)c34)CC1. The Morgan fingerprint density at radius 3 is 2.39 bits per heavy atom. The molecule has 6 nitrogen and oxygen atoms in total. The Bertz CT molecular complexity index is 1530. The van der Waals surface area contributed by atoms with E-state index in [9.17, 15) is 9.59 Å². The van der Waals surface area contributed by atoms with Gasteiger partial charge in [-0.3, -0.25) is 14.0 Å². The highest BCUT2D eigenvalue weighted by molar-refractivity contribution is 6.20. The normalized spacial score (nSPS) is 15.6. The molecule has 154 valence electrons. The Balaban J connectivity index is 1.65. The van der Waals surface area contributed by atoms with Crippen LogP contribution >= 0.6 is 0 Å². The number of likely N-dealkylation sites (N-methyl/N-ethyl adjacent to an activating group) is 1. The van der Waals surface area contributed by atoms with Crippen molar-refractivity contribution in [2.24, 2.45) is 0 Å². The molecule has 1 amide bonds. The van der Waals surface area contributed by atoms with Crippen molar-refractivity contribution in [1.29, 1.82) is 0 Å². The number of fused-ring (bicyclic) bond motifs is 5. The van der Waals surface area contributed by atoms with Crippen LogP contribution < -0.4 is 10.5 Å².